The molecule has 1 heterocycles. The van der Waals surface area contributed by atoms with Crippen LogP contribution in [-0.4, -0.2) is 27.8 Å². The number of fused-ring (bicyclic) bond motifs is 1. The molecule has 0 fully saturated rings. The fraction of sp³-hybridized carbons (Fsp3) is 0.350. The van der Waals surface area contributed by atoms with Crippen molar-refractivity contribution in [2.75, 3.05) is 6.54 Å². The van der Waals surface area contributed by atoms with Gasteiger partial charge in [0.25, 0.3) is 0 Å². The fourth-order valence-electron chi connectivity index (χ4n) is 3.95. The summed E-state index contributed by atoms with van der Waals surface area (Å²) >= 11 is 0. The number of hydrogen-bond donors (Lipinski definition) is 4. The number of aliphatic hydroxyl groups excluding tert-OH is 1. The van der Waals surface area contributed by atoms with Crippen molar-refractivity contribution in [3.05, 3.63) is 63.5 Å². The molecule has 1 atom stereocenters. The van der Waals surface area contributed by atoms with E-state index in [9.17, 15) is 15.0 Å². The number of rotatable bonds is 4. The van der Waals surface area contributed by atoms with Gasteiger partial charge in [-0.2, -0.15) is 0 Å². The third kappa shape index (κ3) is 3.25. The molecule has 25 heavy (non-hydrogen) atoms. The number of aliphatic hydroxyl groups is 1. The van der Waals surface area contributed by atoms with Gasteiger partial charge in [0.2, 0.25) is 5.56 Å². The second kappa shape index (κ2) is 6.50. The molecule has 2 aliphatic rings. The Hall–Kier alpha value is -2.37. The first-order valence-corrected chi connectivity index (χ1v) is 8.72. The molecule has 1 aromatic heterocycles. The van der Waals surface area contributed by atoms with Gasteiger partial charge in [0, 0.05) is 30.1 Å². The van der Waals surface area contributed by atoms with Crippen LogP contribution in [0.1, 0.15) is 37.4 Å². The SMILES string of the molecule is O=c1ccc2c([C@@H](O)CNC3CC4=C(CC=CC4)C3)cc(O)cc2[nH]1. The van der Waals surface area contributed by atoms with Crippen molar-refractivity contribution in [2.45, 2.75) is 37.8 Å². The van der Waals surface area contributed by atoms with Crippen LogP contribution in [-0.2, 0) is 0 Å². The number of aromatic nitrogens is 1. The van der Waals surface area contributed by atoms with Crippen molar-refractivity contribution in [3.8, 4) is 5.75 Å². The number of pyridine rings is 1. The van der Waals surface area contributed by atoms with Gasteiger partial charge in [-0.15, -0.1) is 0 Å². The molecule has 0 saturated heterocycles. The van der Waals surface area contributed by atoms with Crippen LogP contribution in [0.4, 0.5) is 0 Å². The Bertz CT molecular complexity index is 906. The molecule has 0 amide bonds. The average molecular weight is 338 g/mol. The van der Waals surface area contributed by atoms with Gasteiger partial charge in [-0.1, -0.05) is 23.3 Å². The maximum atomic E-state index is 11.5. The van der Waals surface area contributed by atoms with Crippen LogP contribution in [0.3, 0.4) is 0 Å². The van der Waals surface area contributed by atoms with Crippen molar-refractivity contribution in [3.63, 3.8) is 0 Å². The first kappa shape index (κ1) is 16.1. The molecule has 0 aliphatic heterocycles. The standard InChI is InChI=1S/C20H22N2O3/c23-15-9-17(16-5-6-20(25)22-18(16)10-15)19(24)11-21-14-7-12-3-1-2-4-13(12)8-14/h1-2,5-6,9-10,14,19,21,23-24H,3-4,7-8,11H2,(H,22,25)/t19-/m0/s1. The number of aromatic amines is 1. The molecule has 2 aromatic rings. The highest BCUT2D eigenvalue weighted by molar-refractivity contribution is 5.84. The van der Waals surface area contributed by atoms with Crippen molar-refractivity contribution < 1.29 is 10.2 Å². The zero-order valence-electron chi connectivity index (χ0n) is 14.0. The minimum absolute atomic E-state index is 0.0347. The Balaban J connectivity index is 1.48. The summed E-state index contributed by atoms with van der Waals surface area (Å²) in [6.07, 6.45) is 7.91. The molecular formula is C20H22N2O3. The zero-order valence-corrected chi connectivity index (χ0v) is 14.0. The van der Waals surface area contributed by atoms with Crippen LogP contribution in [0.2, 0.25) is 0 Å². The van der Waals surface area contributed by atoms with E-state index < -0.39 is 6.10 Å². The Morgan fingerprint density at radius 2 is 1.88 bits per heavy atom. The summed E-state index contributed by atoms with van der Waals surface area (Å²) in [6.45, 7) is 0.413. The third-order valence-corrected chi connectivity index (χ3v) is 5.20. The minimum Gasteiger partial charge on any atom is -0.508 e. The molecule has 1 aromatic carbocycles. The highest BCUT2D eigenvalue weighted by Gasteiger charge is 2.24. The molecule has 0 bridgehead atoms. The normalized spacial score (nSPS) is 18.8. The predicted molar refractivity (Wildman–Crippen MR) is 97.6 cm³/mol. The van der Waals surface area contributed by atoms with Crippen molar-refractivity contribution in [2.24, 2.45) is 0 Å². The number of hydrogen-bond acceptors (Lipinski definition) is 4. The van der Waals surface area contributed by atoms with Crippen LogP contribution in [0, 0.1) is 0 Å². The lowest BCUT2D eigenvalue weighted by atomic mass is 10.0. The summed E-state index contributed by atoms with van der Waals surface area (Å²) < 4.78 is 0. The second-order valence-electron chi connectivity index (χ2n) is 6.93. The van der Waals surface area contributed by atoms with Gasteiger partial charge in [0.15, 0.2) is 0 Å². The predicted octanol–water partition coefficient (Wildman–Crippen LogP) is 2.67. The van der Waals surface area contributed by atoms with Crippen LogP contribution in [0.15, 0.2) is 52.4 Å². The molecule has 0 spiro atoms. The lowest BCUT2D eigenvalue weighted by molar-refractivity contribution is 0.171. The molecular weight excluding hydrogens is 316 g/mol. The molecule has 0 saturated carbocycles. The van der Waals surface area contributed by atoms with Gasteiger partial charge in [-0.05, 0) is 43.4 Å². The van der Waals surface area contributed by atoms with E-state index in [1.54, 1.807) is 12.1 Å². The summed E-state index contributed by atoms with van der Waals surface area (Å²) in [7, 11) is 0. The molecule has 4 rings (SSSR count). The van der Waals surface area contributed by atoms with E-state index in [0.29, 0.717) is 23.7 Å². The molecule has 130 valence electrons. The van der Waals surface area contributed by atoms with Crippen molar-refractivity contribution >= 4 is 10.9 Å². The topological polar surface area (TPSA) is 85.3 Å². The molecule has 5 heteroatoms. The van der Waals surface area contributed by atoms with Gasteiger partial charge in [0.05, 0.1) is 11.6 Å². The van der Waals surface area contributed by atoms with Gasteiger partial charge >= 0.3 is 0 Å². The van der Waals surface area contributed by atoms with Gasteiger partial charge in [0.1, 0.15) is 5.75 Å². The summed E-state index contributed by atoms with van der Waals surface area (Å²) in [4.78, 5) is 14.2. The van der Waals surface area contributed by atoms with Gasteiger partial charge in [-0.3, -0.25) is 4.79 Å². The number of phenols is 1. The van der Waals surface area contributed by atoms with Crippen LogP contribution >= 0.6 is 0 Å². The molecule has 2 aliphatic carbocycles. The largest absolute Gasteiger partial charge is 0.508 e. The number of H-pyrrole nitrogens is 1. The van der Waals surface area contributed by atoms with Crippen LogP contribution in [0.25, 0.3) is 10.9 Å². The summed E-state index contributed by atoms with van der Waals surface area (Å²) in [5, 5.41) is 24.8. The van der Waals surface area contributed by atoms with Crippen molar-refractivity contribution in [1.82, 2.24) is 10.3 Å². The number of aromatic hydroxyl groups is 1. The second-order valence-corrected chi connectivity index (χ2v) is 6.93. The van der Waals surface area contributed by atoms with E-state index >= 15 is 0 Å². The zero-order chi connectivity index (χ0) is 17.4. The van der Waals surface area contributed by atoms with E-state index in [4.69, 9.17) is 0 Å². The number of benzene rings is 1. The van der Waals surface area contributed by atoms with Gasteiger partial charge in [-0.25, -0.2) is 0 Å². The highest BCUT2D eigenvalue weighted by Crippen LogP contribution is 2.34. The first-order chi connectivity index (χ1) is 12.1. The van der Waals surface area contributed by atoms with E-state index in [2.05, 4.69) is 22.5 Å². The first-order valence-electron chi connectivity index (χ1n) is 8.72. The van der Waals surface area contributed by atoms with E-state index in [1.165, 1.54) is 23.3 Å². The minimum atomic E-state index is -0.753. The molecule has 4 N–H and O–H groups in total. The molecule has 0 unspecified atom stereocenters. The quantitative estimate of drug-likeness (QED) is 0.646. The smallest absolute Gasteiger partial charge is 0.248 e. The van der Waals surface area contributed by atoms with Crippen molar-refractivity contribution in [1.29, 1.82) is 0 Å². The Labute approximate surface area is 145 Å². The maximum absolute atomic E-state index is 11.5. The Kier molecular flexibility index (Phi) is 4.19. The van der Waals surface area contributed by atoms with E-state index in [1.807, 2.05) is 0 Å². The number of nitrogens with one attached hydrogen (secondary N) is 2. The highest BCUT2D eigenvalue weighted by atomic mass is 16.3. The van der Waals surface area contributed by atoms with Crippen LogP contribution in [0.5, 0.6) is 5.75 Å². The average Bonchev–Trinajstić information content (AvgIpc) is 3.01. The van der Waals surface area contributed by atoms with Gasteiger partial charge < -0.3 is 20.5 Å². The summed E-state index contributed by atoms with van der Waals surface area (Å²) in [6, 6.07) is 6.55. The number of phenolic OH excluding ortho intramolecular Hbond substituents is 1. The van der Waals surface area contributed by atoms with Crippen LogP contribution < -0.4 is 10.9 Å². The fourth-order valence-corrected chi connectivity index (χ4v) is 3.95. The lowest BCUT2D eigenvalue weighted by Gasteiger charge is -2.18. The monoisotopic (exact) mass is 338 g/mol. The van der Waals surface area contributed by atoms with E-state index in [-0.39, 0.29) is 11.3 Å². The Morgan fingerprint density at radius 1 is 1.16 bits per heavy atom. The van der Waals surface area contributed by atoms with E-state index in [0.717, 1.165) is 31.1 Å². The lowest BCUT2D eigenvalue weighted by Crippen LogP contribution is -2.31. The summed E-state index contributed by atoms with van der Waals surface area (Å²) in [5.74, 6) is 0.0347. The number of allylic oxidation sites excluding steroid dienone is 2. The maximum Gasteiger partial charge on any atom is 0.248 e. The molecule has 5 nitrogen and oxygen atoms in total. The Morgan fingerprint density at radius 3 is 2.60 bits per heavy atom. The third-order valence-electron chi connectivity index (χ3n) is 5.20. The molecule has 0 radical (unpaired) electrons. The summed E-state index contributed by atoms with van der Waals surface area (Å²) in [5.41, 5.74) is 4.00.